The highest BCUT2D eigenvalue weighted by molar-refractivity contribution is 7.91. The van der Waals surface area contributed by atoms with Crippen LogP contribution >= 0.6 is 0 Å². The molecule has 0 atom stereocenters. The molecule has 136 valence electrons. The second-order valence-corrected chi connectivity index (χ2v) is 7.61. The Bertz CT molecular complexity index is 1180. The average Bonchev–Trinajstić information content (AvgIpc) is 2.78. The number of aryl methyl sites for hydroxylation is 2. The van der Waals surface area contributed by atoms with Crippen molar-refractivity contribution in [1.82, 2.24) is 9.13 Å². The minimum Gasteiger partial charge on any atom is -0.295 e. The van der Waals surface area contributed by atoms with Gasteiger partial charge in [0.15, 0.2) is 0 Å². The molecule has 9 nitrogen and oxygen atoms in total. The summed E-state index contributed by atoms with van der Waals surface area (Å²) in [6, 6.07) is 10.3. The van der Waals surface area contributed by atoms with Crippen LogP contribution in [-0.4, -0.2) is 22.5 Å². The van der Waals surface area contributed by atoms with E-state index in [1.54, 1.807) is 32.3 Å². The van der Waals surface area contributed by atoms with E-state index in [0.717, 1.165) is 0 Å². The molecule has 0 amide bonds. The van der Waals surface area contributed by atoms with E-state index in [2.05, 4.69) is 4.72 Å². The fourth-order valence-electron chi connectivity index (χ4n) is 2.77. The number of non-ortho nitro benzene ring substituents is 1. The van der Waals surface area contributed by atoms with Crippen LogP contribution in [0.25, 0.3) is 11.0 Å². The van der Waals surface area contributed by atoms with Gasteiger partial charge in [-0.3, -0.25) is 24.0 Å². The van der Waals surface area contributed by atoms with E-state index in [1.807, 2.05) is 0 Å². The SMILES string of the molecule is Cn1c(=O)n(C)c2cc(NS(=O)(=O)Cc3cccc([N+](=O)[O-])c3)ccc21. The molecule has 1 N–H and O–H groups in total. The highest BCUT2D eigenvalue weighted by Crippen LogP contribution is 2.20. The van der Waals surface area contributed by atoms with E-state index >= 15 is 0 Å². The van der Waals surface area contributed by atoms with E-state index < -0.39 is 20.7 Å². The lowest BCUT2D eigenvalue weighted by molar-refractivity contribution is -0.384. The summed E-state index contributed by atoms with van der Waals surface area (Å²) < 4.78 is 30.1. The Balaban J connectivity index is 1.89. The molecule has 0 aliphatic carbocycles. The molecule has 0 saturated heterocycles. The number of hydrogen-bond acceptors (Lipinski definition) is 5. The predicted octanol–water partition coefficient (Wildman–Crippen LogP) is 1.73. The number of nitrogens with one attached hydrogen (secondary N) is 1. The summed E-state index contributed by atoms with van der Waals surface area (Å²) in [5, 5.41) is 10.8. The quantitative estimate of drug-likeness (QED) is 0.538. The van der Waals surface area contributed by atoms with Gasteiger partial charge in [0.1, 0.15) is 0 Å². The van der Waals surface area contributed by atoms with Crippen molar-refractivity contribution in [2.45, 2.75) is 5.75 Å². The minimum absolute atomic E-state index is 0.168. The van der Waals surface area contributed by atoms with Crippen LogP contribution in [0, 0.1) is 10.1 Å². The number of rotatable bonds is 5. The minimum atomic E-state index is -3.78. The van der Waals surface area contributed by atoms with Crippen LogP contribution in [0.2, 0.25) is 0 Å². The fourth-order valence-corrected chi connectivity index (χ4v) is 3.94. The van der Waals surface area contributed by atoms with Gasteiger partial charge in [-0.15, -0.1) is 0 Å². The molecule has 1 aromatic heterocycles. The van der Waals surface area contributed by atoms with Crippen LogP contribution in [0.1, 0.15) is 5.56 Å². The van der Waals surface area contributed by atoms with Gasteiger partial charge in [-0.2, -0.15) is 0 Å². The maximum Gasteiger partial charge on any atom is 0.328 e. The molecule has 10 heteroatoms. The molecule has 0 unspecified atom stereocenters. The number of anilines is 1. The van der Waals surface area contributed by atoms with Gasteiger partial charge in [-0.05, 0) is 23.8 Å². The van der Waals surface area contributed by atoms with Crippen LogP contribution in [0.15, 0.2) is 47.3 Å². The van der Waals surface area contributed by atoms with Crippen molar-refractivity contribution in [2.24, 2.45) is 14.1 Å². The summed E-state index contributed by atoms with van der Waals surface area (Å²) in [5.41, 5.74) is 1.51. The third kappa shape index (κ3) is 3.31. The monoisotopic (exact) mass is 376 g/mol. The van der Waals surface area contributed by atoms with Crippen molar-refractivity contribution < 1.29 is 13.3 Å². The highest BCUT2D eigenvalue weighted by Gasteiger charge is 2.16. The van der Waals surface area contributed by atoms with Crippen molar-refractivity contribution in [3.63, 3.8) is 0 Å². The lowest BCUT2D eigenvalue weighted by Crippen LogP contribution is -2.19. The van der Waals surface area contributed by atoms with E-state index in [4.69, 9.17) is 0 Å². The Morgan fingerprint density at radius 3 is 2.46 bits per heavy atom. The summed E-state index contributed by atoms with van der Waals surface area (Å²) in [5.74, 6) is -0.402. The Kier molecular flexibility index (Phi) is 4.28. The lowest BCUT2D eigenvalue weighted by Gasteiger charge is -2.09. The van der Waals surface area contributed by atoms with Crippen LogP contribution in [0.5, 0.6) is 0 Å². The third-order valence-corrected chi connectivity index (χ3v) is 5.28. The molecule has 0 bridgehead atoms. The standard InChI is InChI=1S/C16H16N4O5S/c1-18-14-7-6-12(9-15(14)19(2)16(18)21)17-26(24,25)10-11-4-3-5-13(8-11)20(22)23/h3-9,17H,10H2,1-2H3. The molecule has 1 heterocycles. The number of hydrogen-bond donors (Lipinski definition) is 1. The molecule has 0 aliphatic heterocycles. The van der Waals surface area contributed by atoms with Gasteiger partial charge in [0.25, 0.3) is 5.69 Å². The van der Waals surface area contributed by atoms with Crippen molar-refractivity contribution in [3.8, 4) is 0 Å². The van der Waals surface area contributed by atoms with Crippen molar-refractivity contribution >= 4 is 32.4 Å². The third-order valence-electron chi connectivity index (χ3n) is 4.02. The average molecular weight is 376 g/mol. The Hall–Kier alpha value is -3.14. The number of fused-ring (bicyclic) bond motifs is 1. The van der Waals surface area contributed by atoms with Gasteiger partial charge in [0.05, 0.1) is 27.4 Å². The first-order valence-corrected chi connectivity index (χ1v) is 9.22. The molecule has 0 spiro atoms. The van der Waals surface area contributed by atoms with E-state index in [9.17, 15) is 23.3 Å². The molecule has 0 saturated carbocycles. The summed E-state index contributed by atoms with van der Waals surface area (Å²) in [4.78, 5) is 22.2. The Labute approximate surface area is 148 Å². The first-order valence-electron chi connectivity index (χ1n) is 7.57. The van der Waals surface area contributed by atoms with Crippen LogP contribution < -0.4 is 10.4 Å². The van der Waals surface area contributed by atoms with Gasteiger partial charge in [0, 0.05) is 26.2 Å². The molecule has 0 radical (unpaired) electrons. The Morgan fingerprint density at radius 2 is 1.77 bits per heavy atom. The molecule has 26 heavy (non-hydrogen) atoms. The molecule has 0 fully saturated rings. The molecular weight excluding hydrogens is 360 g/mol. The Morgan fingerprint density at radius 1 is 1.08 bits per heavy atom. The lowest BCUT2D eigenvalue weighted by atomic mass is 10.2. The van der Waals surface area contributed by atoms with E-state index in [1.165, 1.54) is 33.4 Å². The molecular formula is C16H16N4O5S. The first-order chi connectivity index (χ1) is 12.2. The second kappa shape index (κ2) is 6.30. The van der Waals surface area contributed by atoms with Gasteiger partial charge >= 0.3 is 5.69 Å². The van der Waals surface area contributed by atoms with Crippen molar-refractivity contribution in [1.29, 1.82) is 0 Å². The number of nitrogens with zero attached hydrogens (tertiary/aromatic N) is 3. The van der Waals surface area contributed by atoms with Crippen LogP contribution in [-0.2, 0) is 29.9 Å². The van der Waals surface area contributed by atoms with Crippen LogP contribution in [0.4, 0.5) is 11.4 Å². The number of sulfonamides is 1. The number of benzene rings is 2. The fraction of sp³-hybridized carbons (Fsp3) is 0.188. The van der Waals surface area contributed by atoms with Gasteiger partial charge in [-0.1, -0.05) is 12.1 Å². The summed E-state index contributed by atoms with van der Waals surface area (Å²) >= 11 is 0. The number of nitro groups is 1. The zero-order chi connectivity index (χ0) is 19.1. The molecule has 2 aromatic carbocycles. The summed E-state index contributed by atoms with van der Waals surface area (Å²) in [7, 11) is -0.543. The zero-order valence-electron chi connectivity index (χ0n) is 14.0. The number of imidazole rings is 1. The molecule has 0 aliphatic rings. The summed E-state index contributed by atoms with van der Waals surface area (Å²) in [6.07, 6.45) is 0. The van der Waals surface area contributed by atoms with Crippen LogP contribution in [0.3, 0.4) is 0 Å². The maximum absolute atomic E-state index is 12.4. The first kappa shape index (κ1) is 17.7. The van der Waals surface area contributed by atoms with Gasteiger partial charge in [-0.25, -0.2) is 13.2 Å². The van der Waals surface area contributed by atoms with E-state index in [0.29, 0.717) is 22.3 Å². The number of nitro benzene ring substituents is 1. The topological polar surface area (TPSA) is 116 Å². The largest absolute Gasteiger partial charge is 0.328 e. The van der Waals surface area contributed by atoms with Gasteiger partial charge < -0.3 is 0 Å². The highest BCUT2D eigenvalue weighted by atomic mass is 32.2. The number of aromatic nitrogens is 2. The normalized spacial score (nSPS) is 11.6. The van der Waals surface area contributed by atoms with E-state index in [-0.39, 0.29) is 11.4 Å². The van der Waals surface area contributed by atoms with Gasteiger partial charge in [0.2, 0.25) is 10.0 Å². The molecule has 3 rings (SSSR count). The maximum atomic E-state index is 12.4. The second-order valence-electron chi connectivity index (χ2n) is 5.89. The van der Waals surface area contributed by atoms with Crippen molar-refractivity contribution in [3.05, 3.63) is 68.6 Å². The predicted molar refractivity (Wildman–Crippen MR) is 97.5 cm³/mol. The summed E-state index contributed by atoms with van der Waals surface area (Å²) in [6.45, 7) is 0. The van der Waals surface area contributed by atoms with Crippen molar-refractivity contribution in [2.75, 3.05) is 4.72 Å². The zero-order valence-corrected chi connectivity index (χ0v) is 14.9. The smallest absolute Gasteiger partial charge is 0.295 e. The molecule has 3 aromatic rings.